The number of allylic oxidation sites excluding steroid dienone is 2. The number of hydrogen-bond donors (Lipinski definition) is 1. The molecule has 2 heterocycles. The molecule has 3 fully saturated rings. The minimum Gasteiger partial charge on any atom is -0.507 e. The minimum absolute atomic E-state index is 0.0118. The lowest BCUT2D eigenvalue weighted by atomic mass is 9.49. The van der Waals surface area contributed by atoms with Gasteiger partial charge in [0.2, 0.25) is 23.6 Å². The van der Waals surface area contributed by atoms with Crippen LogP contribution >= 0.6 is 11.6 Å². The summed E-state index contributed by atoms with van der Waals surface area (Å²) in [6.07, 6.45) is 2.36. The molecule has 250 valence electrons. The Labute approximate surface area is 294 Å². The molecule has 9 heteroatoms. The Bertz CT molecular complexity index is 2160. The molecule has 4 aliphatic rings. The van der Waals surface area contributed by atoms with Crippen LogP contribution in [0.2, 0.25) is 5.02 Å². The number of carbonyl (C=O) groups excluding carboxylic acids is 5. The van der Waals surface area contributed by atoms with E-state index in [1.54, 1.807) is 67.6 Å². The van der Waals surface area contributed by atoms with Gasteiger partial charge in [-0.2, -0.15) is 0 Å². The van der Waals surface area contributed by atoms with E-state index >= 15 is 4.79 Å². The maximum absolute atomic E-state index is 15.3. The third-order valence-corrected chi connectivity index (χ3v) is 11.5. The third-order valence-electron chi connectivity index (χ3n) is 11.3. The van der Waals surface area contributed by atoms with Gasteiger partial charge < -0.3 is 5.11 Å². The number of phenols is 1. The van der Waals surface area contributed by atoms with Gasteiger partial charge in [-0.15, -0.1) is 0 Å². The van der Waals surface area contributed by atoms with E-state index in [0.717, 1.165) is 5.57 Å². The number of carbonyl (C=O) groups is 5. The summed E-state index contributed by atoms with van der Waals surface area (Å²) >= 11 is 6.38. The molecule has 1 N–H and O–H groups in total. The van der Waals surface area contributed by atoms with Gasteiger partial charge in [0.05, 0.1) is 34.5 Å². The number of halogens is 1. The van der Waals surface area contributed by atoms with Gasteiger partial charge in [0.1, 0.15) is 5.75 Å². The molecule has 4 aromatic carbocycles. The largest absolute Gasteiger partial charge is 0.507 e. The van der Waals surface area contributed by atoms with E-state index in [-0.39, 0.29) is 36.2 Å². The number of imide groups is 2. The van der Waals surface area contributed by atoms with Crippen LogP contribution in [0.3, 0.4) is 0 Å². The van der Waals surface area contributed by atoms with E-state index in [9.17, 15) is 24.3 Å². The zero-order chi connectivity index (χ0) is 35.1. The number of nitrogens with zero attached hydrogens (tertiary/aromatic N) is 2. The average molecular weight is 685 g/mol. The number of para-hydroxylation sites is 1. The van der Waals surface area contributed by atoms with Crippen molar-refractivity contribution in [1.29, 1.82) is 0 Å². The van der Waals surface area contributed by atoms with Crippen molar-refractivity contribution in [2.45, 2.75) is 38.0 Å². The summed E-state index contributed by atoms with van der Waals surface area (Å²) in [6, 6.07) is 27.6. The van der Waals surface area contributed by atoms with Gasteiger partial charge in [0.15, 0.2) is 5.78 Å². The van der Waals surface area contributed by atoms with Crippen molar-refractivity contribution >= 4 is 52.4 Å². The molecule has 2 saturated heterocycles. The fourth-order valence-corrected chi connectivity index (χ4v) is 9.29. The normalized spacial score (nSPS) is 27.2. The maximum atomic E-state index is 15.3. The molecule has 4 aromatic rings. The standard InChI is InChI=1S/C41H33ClN2O6/c1-22-8-6-13-31(36(22)46)35-29-18-19-30-34(39(49)43(37(30)47)27-16-14-24(15-17-27)23(2)45)32(29)21-33-38(48)44(28-12-7-11-26(42)20-28)40(50)41(33,35)25-9-4-3-5-10-25/h3-18,20,30,32-35,46H,19,21H2,1-2H3. The van der Waals surface area contributed by atoms with Crippen LogP contribution in [0.15, 0.2) is 109 Å². The van der Waals surface area contributed by atoms with Crippen molar-refractivity contribution in [2.24, 2.45) is 23.7 Å². The van der Waals surface area contributed by atoms with Crippen LogP contribution < -0.4 is 9.80 Å². The van der Waals surface area contributed by atoms with Gasteiger partial charge in [-0.3, -0.25) is 28.9 Å². The highest BCUT2D eigenvalue weighted by Gasteiger charge is 2.70. The summed E-state index contributed by atoms with van der Waals surface area (Å²) in [4.78, 5) is 73.0. The fourth-order valence-electron chi connectivity index (χ4n) is 9.10. The van der Waals surface area contributed by atoms with Crippen LogP contribution in [-0.4, -0.2) is 34.5 Å². The predicted molar refractivity (Wildman–Crippen MR) is 188 cm³/mol. The van der Waals surface area contributed by atoms with E-state index in [1.165, 1.54) is 16.7 Å². The van der Waals surface area contributed by atoms with Crippen LogP contribution in [-0.2, 0) is 24.6 Å². The molecule has 1 saturated carbocycles. The van der Waals surface area contributed by atoms with Crippen molar-refractivity contribution in [3.05, 3.63) is 136 Å². The number of benzene rings is 4. The Hall–Kier alpha value is -5.34. The van der Waals surface area contributed by atoms with Crippen LogP contribution in [0.25, 0.3) is 0 Å². The smallest absolute Gasteiger partial charge is 0.246 e. The maximum Gasteiger partial charge on any atom is 0.246 e. The number of ketones is 1. The lowest BCUT2D eigenvalue weighted by molar-refractivity contribution is -0.127. The second kappa shape index (κ2) is 11.6. The van der Waals surface area contributed by atoms with E-state index < -0.39 is 46.8 Å². The lowest BCUT2D eigenvalue weighted by Crippen LogP contribution is -2.53. The summed E-state index contributed by atoms with van der Waals surface area (Å²) in [5, 5.41) is 12.1. The van der Waals surface area contributed by atoms with Crippen molar-refractivity contribution in [1.82, 2.24) is 0 Å². The van der Waals surface area contributed by atoms with Crippen molar-refractivity contribution in [3.8, 4) is 5.75 Å². The number of fused-ring (bicyclic) bond motifs is 4. The van der Waals surface area contributed by atoms with E-state index in [4.69, 9.17) is 11.6 Å². The molecule has 0 spiro atoms. The number of amides is 4. The minimum atomic E-state index is -1.48. The Kier molecular flexibility index (Phi) is 7.42. The molecule has 8 rings (SSSR count). The highest BCUT2D eigenvalue weighted by molar-refractivity contribution is 6.32. The van der Waals surface area contributed by atoms with Gasteiger partial charge in [-0.05, 0) is 86.2 Å². The van der Waals surface area contributed by atoms with Crippen LogP contribution in [0, 0.1) is 30.6 Å². The highest BCUT2D eigenvalue weighted by Crippen LogP contribution is 2.65. The van der Waals surface area contributed by atoms with Crippen molar-refractivity contribution in [2.75, 3.05) is 9.80 Å². The topological polar surface area (TPSA) is 112 Å². The Morgan fingerprint density at radius 2 is 1.52 bits per heavy atom. The quantitative estimate of drug-likeness (QED) is 0.139. The first-order valence-corrected chi connectivity index (χ1v) is 17.1. The zero-order valence-corrected chi connectivity index (χ0v) is 28.1. The fraction of sp³-hybridized carbons (Fsp3) is 0.244. The first kappa shape index (κ1) is 31.9. The first-order valence-electron chi connectivity index (χ1n) is 16.7. The summed E-state index contributed by atoms with van der Waals surface area (Å²) in [6.45, 7) is 3.23. The molecule has 0 aromatic heterocycles. The van der Waals surface area contributed by atoms with Gasteiger partial charge in [-0.1, -0.05) is 77.8 Å². The molecule has 2 aliphatic carbocycles. The summed E-state index contributed by atoms with van der Waals surface area (Å²) in [5.74, 6) is -5.50. The van der Waals surface area contributed by atoms with E-state index in [0.29, 0.717) is 38.7 Å². The van der Waals surface area contributed by atoms with Crippen molar-refractivity contribution in [3.63, 3.8) is 0 Å². The van der Waals surface area contributed by atoms with Crippen LogP contribution in [0.1, 0.15) is 52.7 Å². The number of phenolic OH excluding ortho intramolecular Hbond substituents is 1. The molecule has 4 amide bonds. The number of rotatable bonds is 5. The van der Waals surface area contributed by atoms with E-state index in [1.807, 2.05) is 42.5 Å². The van der Waals surface area contributed by atoms with Gasteiger partial charge in [0.25, 0.3) is 0 Å². The average Bonchev–Trinajstić information content (AvgIpc) is 3.50. The molecular formula is C41H33ClN2O6. The molecule has 50 heavy (non-hydrogen) atoms. The molecule has 2 aliphatic heterocycles. The number of aryl methyl sites for hydroxylation is 1. The number of anilines is 2. The second-order valence-electron chi connectivity index (χ2n) is 13.7. The predicted octanol–water partition coefficient (Wildman–Crippen LogP) is 6.92. The summed E-state index contributed by atoms with van der Waals surface area (Å²) in [7, 11) is 0. The van der Waals surface area contributed by atoms with Gasteiger partial charge in [-0.25, -0.2) is 4.90 Å². The SMILES string of the molecule is CC(=O)c1ccc(N2C(=O)C3CC=C4C(CC5C(=O)N(c6cccc(Cl)c6)C(=O)C5(c5ccccc5)C4c4cccc(C)c4O)C3C2=O)cc1. The molecule has 8 nitrogen and oxygen atoms in total. The van der Waals surface area contributed by atoms with Gasteiger partial charge in [0, 0.05) is 22.1 Å². The van der Waals surface area contributed by atoms with Crippen molar-refractivity contribution < 1.29 is 29.1 Å². The molecule has 6 atom stereocenters. The Balaban J connectivity index is 1.34. The highest BCUT2D eigenvalue weighted by atomic mass is 35.5. The first-order chi connectivity index (χ1) is 24.0. The molecular weight excluding hydrogens is 652 g/mol. The molecule has 6 unspecified atom stereocenters. The monoisotopic (exact) mass is 684 g/mol. The number of Topliss-reactive ketones (excluding diaryl/α,β-unsaturated/α-hetero) is 1. The molecule has 0 bridgehead atoms. The zero-order valence-electron chi connectivity index (χ0n) is 27.4. The van der Waals surface area contributed by atoms with E-state index in [2.05, 4.69) is 0 Å². The summed E-state index contributed by atoms with van der Waals surface area (Å²) < 4.78 is 0. The summed E-state index contributed by atoms with van der Waals surface area (Å²) in [5.41, 5.74) is 2.18. The number of hydrogen-bond acceptors (Lipinski definition) is 6. The number of aromatic hydroxyl groups is 1. The second-order valence-corrected chi connectivity index (χ2v) is 14.2. The Morgan fingerprint density at radius 1 is 0.800 bits per heavy atom. The van der Waals surface area contributed by atoms with Gasteiger partial charge >= 0.3 is 0 Å². The Morgan fingerprint density at radius 3 is 2.22 bits per heavy atom. The molecule has 0 radical (unpaired) electrons. The van der Waals surface area contributed by atoms with Crippen LogP contribution in [0.4, 0.5) is 11.4 Å². The lowest BCUT2D eigenvalue weighted by Gasteiger charge is -2.50. The third kappa shape index (κ3) is 4.40. The van der Waals surface area contributed by atoms with Crippen LogP contribution in [0.5, 0.6) is 5.75 Å².